The summed E-state index contributed by atoms with van der Waals surface area (Å²) in [6.45, 7) is 2.79. The van der Waals surface area contributed by atoms with Gasteiger partial charge in [0.1, 0.15) is 0 Å². The van der Waals surface area contributed by atoms with E-state index in [-0.39, 0.29) is 23.7 Å². The number of nitrogens with one attached hydrogen (secondary N) is 2. The van der Waals surface area contributed by atoms with Crippen molar-refractivity contribution in [2.75, 3.05) is 36.4 Å². The molecule has 154 valence electrons. The molecule has 2 fully saturated rings. The number of carbonyl (C=O) groups excluding carboxylic acids is 2. The first-order valence-electron chi connectivity index (χ1n) is 10.2. The van der Waals surface area contributed by atoms with Gasteiger partial charge in [-0.05, 0) is 25.0 Å². The molecule has 29 heavy (non-hydrogen) atoms. The van der Waals surface area contributed by atoms with Crippen LogP contribution in [0.3, 0.4) is 0 Å². The van der Waals surface area contributed by atoms with Crippen LogP contribution in [0.4, 0.5) is 15.5 Å². The predicted molar refractivity (Wildman–Crippen MR) is 113 cm³/mol. The quantitative estimate of drug-likeness (QED) is 0.803. The van der Waals surface area contributed by atoms with Crippen LogP contribution in [0.2, 0.25) is 0 Å². The van der Waals surface area contributed by atoms with Crippen molar-refractivity contribution in [2.45, 2.75) is 38.1 Å². The van der Waals surface area contributed by atoms with Gasteiger partial charge in [-0.1, -0.05) is 41.9 Å². The molecule has 1 saturated carbocycles. The number of para-hydroxylation sites is 1. The highest BCUT2D eigenvalue weighted by Gasteiger charge is 2.25. The van der Waals surface area contributed by atoms with Crippen molar-refractivity contribution in [3.05, 3.63) is 36.0 Å². The standard InChI is InChI=1S/C20H26N6O2S/c27-18(21-15-7-3-1-4-8-15)17-19(29-24-23-17)22-20(28)26-13-11-25(12-14-26)16-9-5-2-6-10-16/h2,5-6,9-10,15H,1,3-4,7-8,11-14H2,(H,21,27)(H,22,28). The van der Waals surface area contributed by atoms with Gasteiger partial charge in [0, 0.05) is 49.4 Å². The highest BCUT2D eigenvalue weighted by Crippen LogP contribution is 2.22. The summed E-state index contributed by atoms with van der Waals surface area (Å²) in [4.78, 5) is 29.3. The van der Waals surface area contributed by atoms with Gasteiger partial charge >= 0.3 is 6.03 Å². The third-order valence-electron chi connectivity index (χ3n) is 5.55. The van der Waals surface area contributed by atoms with Gasteiger partial charge in [-0.2, -0.15) is 0 Å². The predicted octanol–water partition coefficient (Wildman–Crippen LogP) is 2.95. The van der Waals surface area contributed by atoms with E-state index in [9.17, 15) is 9.59 Å². The van der Waals surface area contributed by atoms with Crippen molar-refractivity contribution in [3.63, 3.8) is 0 Å². The van der Waals surface area contributed by atoms with Crippen molar-refractivity contribution in [1.82, 2.24) is 19.8 Å². The second-order valence-corrected chi connectivity index (χ2v) is 8.25. The minimum absolute atomic E-state index is 0.188. The largest absolute Gasteiger partial charge is 0.368 e. The highest BCUT2D eigenvalue weighted by atomic mass is 32.1. The molecule has 0 unspecified atom stereocenters. The number of hydrogen-bond acceptors (Lipinski definition) is 6. The monoisotopic (exact) mass is 414 g/mol. The average Bonchev–Trinajstić information content (AvgIpc) is 3.23. The zero-order valence-corrected chi connectivity index (χ0v) is 17.2. The van der Waals surface area contributed by atoms with Gasteiger partial charge in [0.25, 0.3) is 5.91 Å². The molecule has 1 aliphatic carbocycles. The minimum atomic E-state index is -0.255. The van der Waals surface area contributed by atoms with Crippen LogP contribution >= 0.6 is 11.5 Å². The maximum absolute atomic E-state index is 12.7. The van der Waals surface area contributed by atoms with Crippen molar-refractivity contribution >= 4 is 34.2 Å². The molecular formula is C20H26N6O2S. The normalized spacial score (nSPS) is 17.8. The molecule has 0 bridgehead atoms. The Kier molecular flexibility index (Phi) is 6.24. The summed E-state index contributed by atoms with van der Waals surface area (Å²) >= 11 is 1.04. The Morgan fingerprint density at radius 3 is 2.45 bits per heavy atom. The second kappa shape index (κ2) is 9.21. The molecule has 2 aliphatic rings. The molecule has 8 nitrogen and oxygen atoms in total. The third kappa shape index (κ3) is 4.84. The maximum atomic E-state index is 12.7. The molecule has 3 amide bonds. The lowest BCUT2D eigenvalue weighted by Gasteiger charge is -2.35. The van der Waals surface area contributed by atoms with Crippen LogP contribution < -0.4 is 15.5 Å². The van der Waals surface area contributed by atoms with E-state index in [0.717, 1.165) is 50.3 Å². The Hall–Kier alpha value is -2.68. The first-order valence-corrected chi connectivity index (χ1v) is 11.0. The van der Waals surface area contributed by atoms with E-state index in [4.69, 9.17) is 0 Å². The highest BCUT2D eigenvalue weighted by molar-refractivity contribution is 7.10. The van der Waals surface area contributed by atoms with Crippen molar-refractivity contribution < 1.29 is 9.59 Å². The van der Waals surface area contributed by atoms with Gasteiger partial charge in [0.15, 0.2) is 10.7 Å². The van der Waals surface area contributed by atoms with Crippen LogP contribution in [-0.2, 0) is 0 Å². The Bertz CT molecular complexity index is 829. The minimum Gasteiger partial charge on any atom is -0.368 e. The number of hydrogen-bond donors (Lipinski definition) is 2. The number of rotatable bonds is 4. The summed E-state index contributed by atoms with van der Waals surface area (Å²) in [6, 6.07) is 10.2. The first kappa shape index (κ1) is 19.6. The number of nitrogens with zero attached hydrogens (tertiary/aromatic N) is 4. The molecule has 2 heterocycles. The molecular weight excluding hydrogens is 388 g/mol. The fourth-order valence-corrected chi connectivity index (χ4v) is 4.46. The van der Waals surface area contributed by atoms with E-state index in [0.29, 0.717) is 18.1 Å². The number of anilines is 2. The Morgan fingerprint density at radius 1 is 1.00 bits per heavy atom. The fraction of sp³-hybridized carbons (Fsp3) is 0.500. The van der Waals surface area contributed by atoms with E-state index < -0.39 is 0 Å². The van der Waals surface area contributed by atoms with E-state index in [1.54, 1.807) is 4.90 Å². The number of benzene rings is 1. The van der Waals surface area contributed by atoms with Gasteiger partial charge in [0.2, 0.25) is 0 Å². The van der Waals surface area contributed by atoms with Crippen molar-refractivity contribution in [1.29, 1.82) is 0 Å². The zero-order chi connectivity index (χ0) is 20.1. The molecule has 0 spiro atoms. The molecule has 9 heteroatoms. The summed E-state index contributed by atoms with van der Waals surface area (Å²) in [5.41, 5.74) is 1.37. The molecule has 1 saturated heterocycles. The maximum Gasteiger partial charge on any atom is 0.322 e. The number of piperazine rings is 1. The van der Waals surface area contributed by atoms with E-state index >= 15 is 0 Å². The van der Waals surface area contributed by atoms with Gasteiger partial charge in [-0.25, -0.2) is 4.79 Å². The first-order chi connectivity index (χ1) is 14.2. The number of amides is 3. The van der Waals surface area contributed by atoms with Gasteiger partial charge in [-0.3, -0.25) is 10.1 Å². The molecule has 1 aromatic heterocycles. The van der Waals surface area contributed by atoms with Crippen LogP contribution in [0.5, 0.6) is 0 Å². The summed E-state index contributed by atoms with van der Waals surface area (Å²) < 4.78 is 3.88. The molecule has 4 rings (SSSR count). The molecule has 1 aromatic carbocycles. The SMILES string of the molecule is O=C(NC1CCCCC1)c1nnsc1NC(=O)N1CCN(c2ccccc2)CC1. The topological polar surface area (TPSA) is 90.5 Å². The van der Waals surface area contributed by atoms with Crippen molar-refractivity contribution in [3.8, 4) is 0 Å². The van der Waals surface area contributed by atoms with Crippen LogP contribution in [0.15, 0.2) is 30.3 Å². The van der Waals surface area contributed by atoms with Crippen LogP contribution in [-0.4, -0.2) is 58.6 Å². The lowest BCUT2D eigenvalue weighted by molar-refractivity contribution is 0.0923. The van der Waals surface area contributed by atoms with E-state index in [2.05, 4.69) is 37.3 Å². The smallest absolute Gasteiger partial charge is 0.322 e. The van der Waals surface area contributed by atoms with Gasteiger partial charge in [-0.15, -0.1) is 5.10 Å². The molecule has 0 atom stereocenters. The molecule has 2 N–H and O–H groups in total. The van der Waals surface area contributed by atoms with Gasteiger partial charge in [0.05, 0.1) is 0 Å². The Morgan fingerprint density at radius 2 is 1.72 bits per heavy atom. The summed E-state index contributed by atoms with van der Waals surface area (Å²) in [7, 11) is 0. The lowest BCUT2D eigenvalue weighted by atomic mass is 9.95. The third-order valence-corrected chi connectivity index (χ3v) is 6.19. The summed E-state index contributed by atoms with van der Waals surface area (Å²) in [5.74, 6) is -0.255. The van der Waals surface area contributed by atoms with Crippen LogP contribution in [0.1, 0.15) is 42.6 Å². The van der Waals surface area contributed by atoms with Crippen molar-refractivity contribution in [2.24, 2.45) is 0 Å². The second-order valence-electron chi connectivity index (χ2n) is 7.50. The molecule has 0 radical (unpaired) electrons. The number of carbonyl (C=O) groups is 2. The number of urea groups is 1. The summed E-state index contributed by atoms with van der Waals surface area (Å²) in [6.07, 6.45) is 5.49. The van der Waals surface area contributed by atoms with E-state index in [1.807, 2.05) is 18.2 Å². The van der Waals surface area contributed by atoms with Gasteiger partial charge < -0.3 is 15.1 Å². The molecule has 2 aromatic rings. The number of aromatic nitrogens is 2. The Balaban J connectivity index is 1.31. The molecule has 1 aliphatic heterocycles. The fourth-order valence-electron chi connectivity index (χ4n) is 3.90. The van der Waals surface area contributed by atoms with Crippen LogP contribution in [0, 0.1) is 0 Å². The summed E-state index contributed by atoms with van der Waals surface area (Å²) in [5, 5.41) is 10.2. The Labute approximate surface area is 174 Å². The zero-order valence-electron chi connectivity index (χ0n) is 16.3. The average molecular weight is 415 g/mol. The van der Waals surface area contributed by atoms with E-state index in [1.165, 1.54) is 12.1 Å². The van der Waals surface area contributed by atoms with Crippen LogP contribution in [0.25, 0.3) is 0 Å². The lowest BCUT2D eigenvalue weighted by Crippen LogP contribution is -2.50.